The molecule has 1 aromatic rings. The zero-order valence-corrected chi connectivity index (χ0v) is 14.8. The third-order valence-electron chi connectivity index (χ3n) is 3.44. The van der Waals surface area contributed by atoms with Crippen molar-refractivity contribution in [3.8, 4) is 0 Å². The van der Waals surface area contributed by atoms with Gasteiger partial charge in [-0.15, -0.1) is 0 Å². The maximum absolute atomic E-state index is 12.1. The van der Waals surface area contributed by atoms with E-state index >= 15 is 0 Å². The fourth-order valence-electron chi connectivity index (χ4n) is 2.42. The molecule has 6 heteroatoms. The van der Waals surface area contributed by atoms with Gasteiger partial charge < -0.3 is 5.32 Å². The number of hydrogen-bond acceptors (Lipinski definition) is 3. The van der Waals surface area contributed by atoms with Crippen LogP contribution in [0, 0.1) is 13.8 Å². The van der Waals surface area contributed by atoms with Crippen LogP contribution in [0.1, 0.15) is 37.8 Å². The highest BCUT2D eigenvalue weighted by molar-refractivity contribution is 7.92. The van der Waals surface area contributed by atoms with Crippen LogP contribution in [-0.4, -0.2) is 33.2 Å². The van der Waals surface area contributed by atoms with Gasteiger partial charge in [-0.2, -0.15) is 0 Å². The summed E-state index contributed by atoms with van der Waals surface area (Å²) in [6, 6.07) is 5.54. The molecule has 1 atom stereocenters. The fraction of sp³-hybridized carbons (Fsp3) is 0.562. The first kappa shape index (κ1) is 18.5. The molecule has 22 heavy (non-hydrogen) atoms. The quantitative estimate of drug-likeness (QED) is 0.836. The second-order valence-electron chi connectivity index (χ2n) is 5.82. The van der Waals surface area contributed by atoms with Gasteiger partial charge in [0.25, 0.3) is 0 Å². The van der Waals surface area contributed by atoms with Gasteiger partial charge in [-0.3, -0.25) is 9.10 Å². The van der Waals surface area contributed by atoms with Crippen molar-refractivity contribution in [3.05, 3.63) is 29.3 Å². The monoisotopic (exact) mass is 326 g/mol. The Morgan fingerprint density at radius 2 is 1.95 bits per heavy atom. The van der Waals surface area contributed by atoms with Crippen molar-refractivity contribution in [2.45, 2.75) is 46.6 Å². The van der Waals surface area contributed by atoms with Crippen LogP contribution in [0.15, 0.2) is 18.2 Å². The molecular formula is C16H26N2O3S. The number of nitrogens with one attached hydrogen (secondary N) is 1. The molecule has 0 spiro atoms. The molecule has 0 saturated heterocycles. The van der Waals surface area contributed by atoms with Crippen molar-refractivity contribution in [1.82, 2.24) is 5.32 Å². The number of benzene rings is 1. The van der Waals surface area contributed by atoms with E-state index in [1.54, 1.807) is 6.07 Å². The van der Waals surface area contributed by atoms with Crippen LogP contribution in [0.2, 0.25) is 0 Å². The predicted molar refractivity (Wildman–Crippen MR) is 90.6 cm³/mol. The molecule has 0 saturated carbocycles. The number of rotatable bonds is 7. The highest BCUT2D eigenvalue weighted by atomic mass is 32.2. The van der Waals surface area contributed by atoms with Gasteiger partial charge in [-0.25, -0.2) is 8.42 Å². The lowest BCUT2D eigenvalue weighted by Crippen LogP contribution is -2.43. The minimum Gasteiger partial charge on any atom is -0.352 e. The molecule has 0 heterocycles. The largest absolute Gasteiger partial charge is 0.352 e. The molecule has 0 aliphatic carbocycles. The number of carbonyl (C=O) groups is 1. The zero-order chi connectivity index (χ0) is 16.9. The second-order valence-corrected chi connectivity index (χ2v) is 7.72. The van der Waals surface area contributed by atoms with E-state index in [1.807, 2.05) is 39.8 Å². The van der Waals surface area contributed by atoms with Gasteiger partial charge in [0.05, 0.1) is 11.9 Å². The maximum atomic E-state index is 12.1. The van der Waals surface area contributed by atoms with Gasteiger partial charge in [-0.05, 0) is 38.8 Å². The maximum Gasteiger partial charge on any atom is 0.240 e. The van der Waals surface area contributed by atoms with Gasteiger partial charge in [0.2, 0.25) is 15.9 Å². The number of anilines is 1. The Kier molecular flexibility index (Phi) is 6.41. The average molecular weight is 326 g/mol. The summed E-state index contributed by atoms with van der Waals surface area (Å²) in [7, 11) is -3.52. The molecule has 0 fully saturated rings. The van der Waals surface area contributed by atoms with Crippen LogP contribution in [0.3, 0.4) is 0 Å². The van der Waals surface area contributed by atoms with E-state index in [0.717, 1.165) is 34.5 Å². The Morgan fingerprint density at radius 1 is 1.32 bits per heavy atom. The van der Waals surface area contributed by atoms with Gasteiger partial charge in [0, 0.05) is 6.04 Å². The van der Waals surface area contributed by atoms with Crippen LogP contribution >= 0.6 is 0 Å². The Morgan fingerprint density at radius 3 is 2.45 bits per heavy atom. The molecule has 0 unspecified atom stereocenters. The summed E-state index contributed by atoms with van der Waals surface area (Å²) in [5, 5.41) is 2.84. The Balaban J connectivity index is 2.98. The minimum absolute atomic E-state index is 0.0398. The van der Waals surface area contributed by atoms with Crippen LogP contribution in [0.5, 0.6) is 0 Å². The number of amides is 1. The highest BCUT2D eigenvalue weighted by Gasteiger charge is 2.22. The molecule has 1 aromatic carbocycles. The van der Waals surface area contributed by atoms with Gasteiger partial charge in [0.15, 0.2) is 0 Å². The van der Waals surface area contributed by atoms with E-state index in [4.69, 9.17) is 0 Å². The smallest absolute Gasteiger partial charge is 0.240 e. The first-order valence-electron chi connectivity index (χ1n) is 7.49. The third-order valence-corrected chi connectivity index (χ3v) is 4.56. The van der Waals surface area contributed by atoms with E-state index in [1.165, 1.54) is 0 Å². The van der Waals surface area contributed by atoms with Crippen molar-refractivity contribution in [1.29, 1.82) is 0 Å². The summed E-state index contributed by atoms with van der Waals surface area (Å²) in [6.07, 6.45) is 2.96. The van der Waals surface area contributed by atoms with Crippen molar-refractivity contribution in [2.75, 3.05) is 17.1 Å². The molecule has 124 valence electrons. The molecular weight excluding hydrogens is 300 g/mol. The third kappa shape index (κ3) is 5.33. The summed E-state index contributed by atoms with van der Waals surface area (Å²) >= 11 is 0. The second kappa shape index (κ2) is 7.63. The van der Waals surface area contributed by atoms with Gasteiger partial charge in [0.1, 0.15) is 6.54 Å². The van der Waals surface area contributed by atoms with E-state index in [-0.39, 0.29) is 18.5 Å². The van der Waals surface area contributed by atoms with Crippen LogP contribution in [0.25, 0.3) is 0 Å². The molecule has 0 radical (unpaired) electrons. The van der Waals surface area contributed by atoms with Gasteiger partial charge in [-0.1, -0.05) is 31.0 Å². The number of nitrogens with zero attached hydrogens (tertiary/aromatic N) is 1. The van der Waals surface area contributed by atoms with E-state index in [0.29, 0.717) is 5.69 Å². The number of carbonyl (C=O) groups excluding carboxylic acids is 1. The van der Waals surface area contributed by atoms with Crippen molar-refractivity contribution < 1.29 is 13.2 Å². The lowest BCUT2D eigenvalue weighted by Gasteiger charge is -2.24. The lowest BCUT2D eigenvalue weighted by molar-refractivity contribution is -0.120. The van der Waals surface area contributed by atoms with Gasteiger partial charge >= 0.3 is 0 Å². The topological polar surface area (TPSA) is 66.5 Å². The zero-order valence-electron chi connectivity index (χ0n) is 14.0. The molecule has 5 nitrogen and oxygen atoms in total. The molecule has 1 amide bonds. The Bertz CT molecular complexity index is 626. The first-order chi connectivity index (χ1) is 10.1. The Labute approximate surface area is 133 Å². The van der Waals surface area contributed by atoms with E-state index in [2.05, 4.69) is 5.32 Å². The molecule has 1 N–H and O–H groups in total. The Hall–Kier alpha value is -1.56. The van der Waals surface area contributed by atoms with Crippen LogP contribution in [-0.2, 0) is 14.8 Å². The SMILES string of the molecule is CCC[C@H](C)NC(=O)CN(c1ccc(C)cc1C)S(C)(=O)=O. The van der Waals surface area contributed by atoms with E-state index < -0.39 is 10.0 Å². The fourth-order valence-corrected chi connectivity index (χ4v) is 3.34. The molecule has 1 rings (SSSR count). The minimum atomic E-state index is -3.52. The van der Waals surface area contributed by atoms with E-state index in [9.17, 15) is 13.2 Å². The molecule has 0 aliphatic heterocycles. The number of sulfonamides is 1. The molecule has 0 aliphatic rings. The van der Waals surface area contributed by atoms with Crippen molar-refractivity contribution >= 4 is 21.6 Å². The normalized spacial score (nSPS) is 12.8. The van der Waals surface area contributed by atoms with Crippen molar-refractivity contribution in [3.63, 3.8) is 0 Å². The molecule has 0 aromatic heterocycles. The lowest BCUT2D eigenvalue weighted by atomic mass is 10.1. The summed E-state index contributed by atoms with van der Waals surface area (Å²) in [5.74, 6) is -0.286. The number of aryl methyl sites for hydroxylation is 2. The summed E-state index contributed by atoms with van der Waals surface area (Å²) in [4.78, 5) is 12.1. The van der Waals surface area contributed by atoms with Crippen molar-refractivity contribution in [2.24, 2.45) is 0 Å². The van der Waals surface area contributed by atoms with Crippen LogP contribution in [0.4, 0.5) is 5.69 Å². The average Bonchev–Trinajstić information content (AvgIpc) is 2.35. The first-order valence-corrected chi connectivity index (χ1v) is 9.34. The standard InChI is InChI=1S/C16H26N2O3S/c1-6-7-14(4)17-16(19)11-18(22(5,20)21)15-9-8-12(2)10-13(15)3/h8-10,14H,6-7,11H2,1-5H3,(H,17,19)/t14-/m0/s1. The van der Waals surface area contributed by atoms with Crippen LogP contribution < -0.4 is 9.62 Å². The summed E-state index contributed by atoms with van der Waals surface area (Å²) < 4.78 is 25.3. The predicted octanol–water partition coefficient (Wildman–Crippen LogP) is 2.37. The molecule has 0 bridgehead atoms. The highest BCUT2D eigenvalue weighted by Crippen LogP contribution is 2.23. The summed E-state index contributed by atoms with van der Waals surface area (Å²) in [6.45, 7) is 7.56. The summed E-state index contributed by atoms with van der Waals surface area (Å²) in [5.41, 5.74) is 2.43. The number of hydrogen-bond donors (Lipinski definition) is 1.